The van der Waals surface area contributed by atoms with Crippen LogP contribution in [0.15, 0.2) is 52.5 Å². The number of rotatable bonds is 6. The lowest BCUT2D eigenvalue weighted by atomic mass is 10.1. The van der Waals surface area contributed by atoms with Gasteiger partial charge in [-0.25, -0.2) is 13.6 Å². The highest BCUT2D eigenvalue weighted by molar-refractivity contribution is 8.00. The molecule has 152 valence electrons. The largest absolute Gasteiger partial charge is 0.325 e. The molecule has 0 bridgehead atoms. The predicted octanol–water partition coefficient (Wildman–Crippen LogP) is 2.05. The van der Waals surface area contributed by atoms with E-state index in [-0.39, 0.29) is 10.8 Å². The van der Waals surface area contributed by atoms with E-state index in [1.807, 2.05) is 32.0 Å². The van der Waals surface area contributed by atoms with Crippen molar-refractivity contribution in [2.45, 2.75) is 36.1 Å². The molecular weight excluding hydrogens is 412 g/mol. The first-order chi connectivity index (χ1) is 13.6. The Labute approximate surface area is 172 Å². The molecule has 3 N–H and O–H groups in total. The number of aromatic nitrogens is 4. The first kappa shape index (κ1) is 21.0. The minimum Gasteiger partial charge on any atom is -0.325 e. The topological polar surface area (TPSA) is 133 Å². The van der Waals surface area contributed by atoms with Crippen LogP contribution in [0.2, 0.25) is 0 Å². The number of carbonyl (C=O) groups is 1. The number of nitrogens with zero attached hydrogens (tertiary/aromatic N) is 4. The zero-order chi connectivity index (χ0) is 21.2. The fraction of sp³-hybridized carbons (Fsp3) is 0.222. The summed E-state index contributed by atoms with van der Waals surface area (Å²) in [4.78, 5) is 12.5. The average molecular weight is 433 g/mol. The van der Waals surface area contributed by atoms with E-state index in [4.69, 9.17) is 5.14 Å². The summed E-state index contributed by atoms with van der Waals surface area (Å²) in [6.07, 6.45) is 0. The number of thioether (sulfide) groups is 1. The zero-order valence-electron chi connectivity index (χ0n) is 16.0. The molecule has 29 heavy (non-hydrogen) atoms. The highest BCUT2D eigenvalue weighted by Gasteiger charge is 2.20. The number of primary sulfonamides is 1. The molecule has 1 aromatic heterocycles. The van der Waals surface area contributed by atoms with Crippen molar-refractivity contribution in [2.75, 3.05) is 5.32 Å². The molecule has 3 rings (SSSR count). The Hall–Kier alpha value is -2.76. The van der Waals surface area contributed by atoms with Crippen LogP contribution in [0.3, 0.4) is 0 Å². The van der Waals surface area contributed by atoms with Crippen LogP contribution in [0.4, 0.5) is 5.69 Å². The summed E-state index contributed by atoms with van der Waals surface area (Å²) in [7, 11) is -3.78. The van der Waals surface area contributed by atoms with Crippen molar-refractivity contribution in [1.82, 2.24) is 20.2 Å². The number of benzene rings is 2. The van der Waals surface area contributed by atoms with Gasteiger partial charge in [0.2, 0.25) is 21.1 Å². The number of carbonyl (C=O) groups excluding carboxylic acids is 1. The van der Waals surface area contributed by atoms with Gasteiger partial charge in [-0.05, 0) is 67.1 Å². The minimum absolute atomic E-state index is 0.0226. The molecule has 1 atom stereocenters. The SMILES string of the molecule is Cc1ccc(-n2nnnc2SC(C)C(=O)Nc2ccc(S(N)(=O)=O)cc2)c(C)c1. The molecule has 1 unspecified atom stereocenters. The number of hydrogen-bond acceptors (Lipinski definition) is 7. The molecule has 0 aliphatic rings. The van der Waals surface area contributed by atoms with Gasteiger partial charge >= 0.3 is 0 Å². The van der Waals surface area contributed by atoms with E-state index >= 15 is 0 Å². The van der Waals surface area contributed by atoms with Gasteiger partial charge in [0.15, 0.2) is 0 Å². The van der Waals surface area contributed by atoms with Crippen LogP contribution in [0.1, 0.15) is 18.1 Å². The molecule has 1 amide bonds. The van der Waals surface area contributed by atoms with Crippen LogP contribution >= 0.6 is 11.8 Å². The summed E-state index contributed by atoms with van der Waals surface area (Å²) < 4.78 is 24.2. The maximum Gasteiger partial charge on any atom is 0.238 e. The van der Waals surface area contributed by atoms with Crippen molar-refractivity contribution in [1.29, 1.82) is 0 Å². The number of amides is 1. The second-order valence-corrected chi connectivity index (χ2v) is 9.35. The number of hydrogen-bond donors (Lipinski definition) is 2. The Morgan fingerprint density at radius 1 is 1.17 bits per heavy atom. The molecule has 0 aliphatic carbocycles. The molecule has 0 saturated carbocycles. The molecular formula is C18H20N6O3S2. The second kappa shape index (κ2) is 8.31. The third-order valence-corrected chi connectivity index (χ3v) is 6.09. The van der Waals surface area contributed by atoms with Crippen molar-refractivity contribution in [3.8, 4) is 5.69 Å². The van der Waals surface area contributed by atoms with E-state index in [2.05, 4.69) is 20.8 Å². The first-order valence-electron chi connectivity index (χ1n) is 8.61. The number of nitrogens with one attached hydrogen (secondary N) is 1. The van der Waals surface area contributed by atoms with Crippen molar-refractivity contribution in [3.63, 3.8) is 0 Å². The van der Waals surface area contributed by atoms with Crippen LogP contribution in [0.5, 0.6) is 0 Å². The molecule has 11 heteroatoms. The van der Waals surface area contributed by atoms with Crippen LogP contribution < -0.4 is 10.5 Å². The van der Waals surface area contributed by atoms with Crippen LogP contribution in [0, 0.1) is 13.8 Å². The molecule has 2 aromatic carbocycles. The highest BCUT2D eigenvalue weighted by Crippen LogP contribution is 2.25. The van der Waals surface area contributed by atoms with Gasteiger partial charge in [0.1, 0.15) is 0 Å². The lowest BCUT2D eigenvalue weighted by molar-refractivity contribution is -0.115. The Balaban J connectivity index is 1.72. The summed E-state index contributed by atoms with van der Waals surface area (Å²) in [6, 6.07) is 11.6. The number of aryl methyl sites for hydroxylation is 2. The fourth-order valence-corrected chi connectivity index (χ4v) is 3.95. The Morgan fingerprint density at radius 3 is 2.48 bits per heavy atom. The summed E-state index contributed by atoms with van der Waals surface area (Å²) in [5.41, 5.74) is 3.46. The summed E-state index contributed by atoms with van der Waals surface area (Å²) in [6.45, 7) is 5.72. The van der Waals surface area contributed by atoms with Gasteiger partial charge in [0, 0.05) is 5.69 Å². The molecule has 0 aliphatic heterocycles. The standard InChI is InChI=1S/C18H20N6O3S2/c1-11-4-9-16(12(2)10-11)24-18(21-22-23-24)28-13(3)17(25)20-14-5-7-15(8-6-14)29(19,26)27/h4-10,13H,1-3H3,(H,20,25)(H2,19,26,27). The third-order valence-electron chi connectivity index (χ3n) is 4.12. The summed E-state index contributed by atoms with van der Waals surface area (Å²) in [5, 5.41) is 19.6. The van der Waals surface area contributed by atoms with Crippen molar-refractivity contribution >= 4 is 33.4 Å². The van der Waals surface area contributed by atoms with E-state index in [0.717, 1.165) is 16.8 Å². The summed E-state index contributed by atoms with van der Waals surface area (Å²) >= 11 is 1.22. The monoisotopic (exact) mass is 432 g/mol. The van der Waals surface area contributed by atoms with E-state index in [9.17, 15) is 13.2 Å². The maximum atomic E-state index is 12.5. The molecule has 0 spiro atoms. The molecule has 1 heterocycles. The third kappa shape index (κ3) is 5.00. The maximum absolute atomic E-state index is 12.5. The van der Waals surface area contributed by atoms with Gasteiger partial charge in [-0.3, -0.25) is 4.79 Å². The Bertz CT molecular complexity index is 1140. The van der Waals surface area contributed by atoms with Gasteiger partial charge in [-0.1, -0.05) is 29.5 Å². The van der Waals surface area contributed by atoms with Gasteiger partial charge in [0.25, 0.3) is 0 Å². The van der Waals surface area contributed by atoms with Crippen molar-refractivity contribution in [3.05, 3.63) is 53.6 Å². The quantitative estimate of drug-likeness (QED) is 0.570. The molecule has 0 radical (unpaired) electrons. The van der Waals surface area contributed by atoms with E-state index < -0.39 is 15.3 Å². The number of sulfonamides is 1. The number of anilines is 1. The minimum atomic E-state index is -3.78. The number of tetrazole rings is 1. The lowest BCUT2D eigenvalue weighted by Crippen LogP contribution is -2.23. The average Bonchev–Trinajstić information content (AvgIpc) is 3.09. The van der Waals surface area contributed by atoms with E-state index in [1.165, 1.54) is 36.0 Å². The zero-order valence-corrected chi connectivity index (χ0v) is 17.7. The molecule has 3 aromatic rings. The van der Waals surface area contributed by atoms with Crippen LogP contribution in [-0.4, -0.2) is 39.8 Å². The second-order valence-electron chi connectivity index (χ2n) is 6.48. The van der Waals surface area contributed by atoms with Gasteiger partial charge < -0.3 is 5.32 Å². The smallest absolute Gasteiger partial charge is 0.238 e. The normalized spacial score (nSPS) is 12.6. The fourth-order valence-electron chi connectivity index (χ4n) is 2.63. The van der Waals surface area contributed by atoms with Gasteiger partial charge in [-0.15, -0.1) is 5.10 Å². The highest BCUT2D eigenvalue weighted by atomic mass is 32.2. The predicted molar refractivity (Wildman–Crippen MR) is 110 cm³/mol. The first-order valence-corrected chi connectivity index (χ1v) is 11.0. The van der Waals surface area contributed by atoms with Crippen molar-refractivity contribution in [2.24, 2.45) is 5.14 Å². The van der Waals surface area contributed by atoms with E-state index in [1.54, 1.807) is 11.6 Å². The van der Waals surface area contributed by atoms with Crippen LogP contribution in [-0.2, 0) is 14.8 Å². The number of nitrogens with two attached hydrogens (primary N) is 1. The van der Waals surface area contributed by atoms with Gasteiger partial charge in [0.05, 0.1) is 15.8 Å². The van der Waals surface area contributed by atoms with Crippen LogP contribution in [0.25, 0.3) is 5.69 Å². The summed E-state index contributed by atoms with van der Waals surface area (Å²) in [5.74, 6) is -0.270. The van der Waals surface area contributed by atoms with E-state index in [0.29, 0.717) is 10.8 Å². The Kier molecular flexibility index (Phi) is 6.01. The molecule has 0 saturated heterocycles. The van der Waals surface area contributed by atoms with Crippen molar-refractivity contribution < 1.29 is 13.2 Å². The molecule has 9 nitrogen and oxygen atoms in total. The molecule has 0 fully saturated rings. The Morgan fingerprint density at radius 2 is 1.86 bits per heavy atom. The lowest BCUT2D eigenvalue weighted by Gasteiger charge is -2.13. The van der Waals surface area contributed by atoms with Gasteiger partial charge in [-0.2, -0.15) is 4.68 Å².